The average molecular weight is 453 g/mol. The van der Waals surface area contributed by atoms with Crippen molar-refractivity contribution in [1.29, 1.82) is 0 Å². The molecule has 1 aliphatic carbocycles. The standard InChI is InChI=1S/C19H25BrN4O4/c20-14-4-5-16-15(13-14)18(26)24(19(27)22-16)8-1-3-17(25)21-6-2-7-23-9-11-28-12-10-23/h4-5,13,15H,1-3,6-12H2,(H,21,25). The quantitative estimate of drug-likeness (QED) is 0.563. The zero-order chi connectivity index (χ0) is 19.9. The van der Waals surface area contributed by atoms with E-state index in [0.29, 0.717) is 18.7 Å². The fourth-order valence-electron chi connectivity index (χ4n) is 3.35. The fraction of sp³-hybridized carbons (Fsp3) is 0.579. The number of rotatable bonds is 8. The smallest absolute Gasteiger partial charge is 0.350 e. The van der Waals surface area contributed by atoms with Gasteiger partial charge in [0.05, 0.1) is 18.9 Å². The summed E-state index contributed by atoms with van der Waals surface area (Å²) < 4.78 is 6.10. The Kier molecular flexibility index (Phi) is 7.52. The first-order chi connectivity index (χ1) is 13.5. The number of morpholine rings is 1. The van der Waals surface area contributed by atoms with Gasteiger partial charge < -0.3 is 10.1 Å². The molecule has 1 unspecified atom stereocenters. The van der Waals surface area contributed by atoms with Crippen LogP contribution in [-0.2, 0) is 14.3 Å². The summed E-state index contributed by atoms with van der Waals surface area (Å²) in [6, 6.07) is -0.557. The molecule has 152 valence electrons. The first-order valence-electron chi connectivity index (χ1n) is 9.61. The van der Waals surface area contributed by atoms with Crippen LogP contribution in [0.5, 0.6) is 0 Å². The summed E-state index contributed by atoms with van der Waals surface area (Å²) in [4.78, 5) is 44.1. The third-order valence-electron chi connectivity index (χ3n) is 4.91. The summed E-state index contributed by atoms with van der Waals surface area (Å²) in [5.74, 6) is -0.889. The number of nitrogens with one attached hydrogen (secondary N) is 1. The molecule has 1 saturated heterocycles. The molecule has 0 saturated carbocycles. The highest BCUT2D eigenvalue weighted by molar-refractivity contribution is 9.11. The van der Waals surface area contributed by atoms with E-state index in [4.69, 9.17) is 4.74 Å². The van der Waals surface area contributed by atoms with Gasteiger partial charge in [-0.05, 0) is 31.5 Å². The maximum atomic E-state index is 12.6. The van der Waals surface area contributed by atoms with E-state index >= 15 is 0 Å². The summed E-state index contributed by atoms with van der Waals surface area (Å²) in [5.41, 5.74) is 0.465. The predicted molar refractivity (Wildman–Crippen MR) is 108 cm³/mol. The van der Waals surface area contributed by atoms with Crippen LogP contribution in [0.25, 0.3) is 0 Å². The zero-order valence-corrected chi connectivity index (χ0v) is 17.3. The molecule has 0 radical (unpaired) electrons. The van der Waals surface area contributed by atoms with Crippen LogP contribution in [-0.4, -0.2) is 79.3 Å². The first-order valence-corrected chi connectivity index (χ1v) is 10.4. The van der Waals surface area contributed by atoms with E-state index in [1.807, 2.05) is 0 Å². The molecule has 4 amide bonds. The van der Waals surface area contributed by atoms with Gasteiger partial charge in [-0.3, -0.25) is 19.4 Å². The number of hydrogen-bond acceptors (Lipinski definition) is 5. The van der Waals surface area contributed by atoms with Gasteiger partial charge in [-0.15, -0.1) is 0 Å². The van der Waals surface area contributed by atoms with E-state index in [0.717, 1.165) is 48.7 Å². The van der Waals surface area contributed by atoms with Gasteiger partial charge >= 0.3 is 6.03 Å². The lowest BCUT2D eigenvalue weighted by molar-refractivity contribution is -0.130. The average Bonchev–Trinajstić information content (AvgIpc) is 2.69. The van der Waals surface area contributed by atoms with Crippen LogP contribution in [0.3, 0.4) is 0 Å². The molecule has 0 aromatic carbocycles. The van der Waals surface area contributed by atoms with Crippen molar-refractivity contribution >= 4 is 39.5 Å². The molecule has 28 heavy (non-hydrogen) atoms. The van der Waals surface area contributed by atoms with Gasteiger partial charge in [0.2, 0.25) is 11.8 Å². The Morgan fingerprint density at radius 2 is 2.00 bits per heavy atom. The van der Waals surface area contributed by atoms with Crippen molar-refractivity contribution in [3.8, 4) is 0 Å². The Morgan fingerprint density at radius 1 is 1.21 bits per heavy atom. The molecular weight excluding hydrogens is 428 g/mol. The van der Waals surface area contributed by atoms with Gasteiger partial charge in [-0.2, -0.15) is 4.99 Å². The van der Waals surface area contributed by atoms with E-state index in [2.05, 4.69) is 31.1 Å². The molecule has 2 heterocycles. The molecule has 0 spiro atoms. The van der Waals surface area contributed by atoms with Gasteiger partial charge in [0, 0.05) is 37.1 Å². The van der Waals surface area contributed by atoms with Crippen molar-refractivity contribution in [2.75, 3.05) is 45.9 Å². The molecule has 2 aliphatic heterocycles. The van der Waals surface area contributed by atoms with Gasteiger partial charge in [-0.25, -0.2) is 4.79 Å². The van der Waals surface area contributed by atoms with Crippen molar-refractivity contribution < 1.29 is 19.1 Å². The highest BCUT2D eigenvalue weighted by Crippen LogP contribution is 2.25. The minimum atomic E-state index is -0.557. The van der Waals surface area contributed by atoms with Crippen LogP contribution >= 0.6 is 15.9 Å². The summed E-state index contributed by atoms with van der Waals surface area (Å²) >= 11 is 3.34. The molecule has 1 N–H and O–H groups in total. The number of halogens is 1. The zero-order valence-electron chi connectivity index (χ0n) is 15.7. The van der Waals surface area contributed by atoms with Crippen LogP contribution in [0.4, 0.5) is 4.79 Å². The second-order valence-corrected chi connectivity index (χ2v) is 7.85. The number of urea groups is 1. The minimum absolute atomic E-state index is 0.0636. The number of amides is 4. The largest absolute Gasteiger partial charge is 0.379 e. The van der Waals surface area contributed by atoms with Gasteiger partial charge in [0.15, 0.2) is 0 Å². The Bertz CT molecular complexity index is 713. The number of allylic oxidation sites excluding steroid dienone is 3. The summed E-state index contributed by atoms with van der Waals surface area (Å²) in [7, 11) is 0. The molecule has 3 rings (SSSR count). The van der Waals surface area contributed by atoms with Crippen LogP contribution in [0.2, 0.25) is 0 Å². The van der Waals surface area contributed by atoms with Gasteiger partial charge in [0.1, 0.15) is 5.92 Å². The number of ether oxygens (including phenoxy) is 1. The van der Waals surface area contributed by atoms with Crippen molar-refractivity contribution in [3.63, 3.8) is 0 Å². The van der Waals surface area contributed by atoms with Crippen LogP contribution in [0.1, 0.15) is 19.3 Å². The van der Waals surface area contributed by atoms with E-state index in [-0.39, 0.29) is 24.8 Å². The highest BCUT2D eigenvalue weighted by Gasteiger charge is 2.36. The molecule has 1 atom stereocenters. The van der Waals surface area contributed by atoms with Gasteiger partial charge in [-0.1, -0.05) is 22.0 Å². The summed E-state index contributed by atoms with van der Waals surface area (Å²) in [6.45, 7) is 5.20. The normalized spacial score (nSPS) is 22.6. The van der Waals surface area contributed by atoms with E-state index in [9.17, 15) is 14.4 Å². The van der Waals surface area contributed by atoms with Crippen molar-refractivity contribution in [1.82, 2.24) is 15.1 Å². The molecule has 3 aliphatic rings. The molecular formula is C19H25BrN4O4. The molecule has 9 heteroatoms. The number of imide groups is 1. The molecule has 8 nitrogen and oxygen atoms in total. The Balaban J connectivity index is 1.35. The highest BCUT2D eigenvalue weighted by atomic mass is 79.9. The SMILES string of the molecule is O=C(CCCN1C(=O)N=C2C=CC(Br)=CC2C1=O)NCCCN1CCOCC1. The van der Waals surface area contributed by atoms with Crippen LogP contribution in [0.15, 0.2) is 27.7 Å². The second kappa shape index (κ2) is 10.1. The molecule has 0 aromatic rings. The lowest BCUT2D eigenvalue weighted by atomic mass is 9.95. The number of hydrogen-bond donors (Lipinski definition) is 1. The Labute approximate surface area is 172 Å². The number of nitrogens with zero attached hydrogens (tertiary/aromatic N) is 3. The number of carbonyl (C=O) groups excluding carboxylic acids is 3. The van der Waals surface area contributed by atoms with Crippen LogP contribution in [0, 0.1) is 5.92 Å². The van der Waals surface area contributed by atoms with E-state index < -0.39 is 11.9 Å². The third kappa shape index (κ3) is 5.59. The third-order valence-corrected chi connectivity index (χ3v) is 5.44. The minimum Gasteiger partial charge on any atom is -0.379 e. The van der Waals surface area contributed by atoms with Crippen molar-refractivity contribution in [2.24, 2.45) is 10.9 Å². The Hall–Kier alpha value is -1.84. The van der Waals surface area contributed by atoms with E-state index in [1.165, 1.54) is 0 Å². The number of carbonyl (C=O) groups is 3. The second-order valence-electron chi connectivity index (χ2n) is 6.93. The maximum Gasteiger partial charge on any atom is 0.350 e. The van der Waals surface area contributed by atoms with E-state index in [1.54, 1.807) is 18.2 Å². The lowest BCUT2D eigenvalue weighted by Crippen LogP contribution is -2.46. The molecule has 0 aromatic heterocycles. The predicted octanol–water partition coefficient (Wildman–Crippen LogP) is 1.47. The lowest BCUT2D eigenvalue weighted by Gasteiger charge is -2.28. The Morgan fingerprint density at radius 3 is 2.79 bits per heavy atom. The molecule has 1 fully saturated rings. The first kappa shape index (κ1) is 20.9. The van der Waals surface area contributed by atoms with Crippen molar-refractivity contribution in [3.05, 3.63) is 22.7 Å². The number of aliphatic imine (C=N–C) groups is 1. The topological polar surface area (TPSA) is 91.3 Å². The summed E-state index contributed by atoms with van der Waals surface area (Å²) in [5, 5.41) is 2.90. The van der Waals surface area contributed by atoms with Crippen molar-refractivity contribution in [2.45, 2.75) is 19.3 Å². The molecule has 0 bridgehead atoms. The van der Waals surface area contributed by atoms with Gasteiger partial charge in [0.25, 0.3) is 0 Å². The maximum absolute atomic E-state index is 12.6. The monoisotopic (exact) mass is 452 g/mol. The fourth-order valence-corrected chi connectivity index (χ4v) is 3.75. The summed E-state index contributed by atoms with van der Waals surface area (Å²) in [6.07, 6.45) is 6.76. The van der Waals surface area contributed by atoms with Crippen LogP contribution < -0.4 is 5.32 Å². The number of fused-ring (bicyclic) bond motifs is 1.